The van der Waals surface area contributed by atoms with E-state index >= 15 is 0 Å². The van der Waals surface area contributed by atoms with E-state index in [-0.39, 0.29) is 5.91 Å². The molecule has 0 unspecified atom stereocenters. The molecule has 0 spiro atoms. The van der Waals surface area contributed by atoms with Crippen molar-refractivity contribution in [1.82, 2.24) is 15.2 Å². The lowest BCUT2D eigenvalue weighted by Gasteiger charge is -2.22. The first-order valence-corrected chi connectivity index (χ1v) is 14.1. The number of carbonyl (C=O) groups is 1. The van der Waals surface area contributed by atoms with Crippen LogP contribution < -0.4 is 5.32 Å². The summed E-state index contributed by atoms with van der Waals surface area (Å²) in [4.78, 5) is 19.3. The first-order chi connectivity index (χ1) is 20.2. The van der Waals surface area contributed by atoms with Crippen LogP contribution >= 0.6 is 0 Å². The van der Waals surface area contributed by atoms with Gasteiger partial charge in [0.05, 0.1) is 0 Å². The molecule has 0 fully saturated rings. The van der Waals surface area contributed by atoms with Crippen molar-refractivity contribution in [2.24, 2.45) is 0 Å². The average Bonchev–Trinajstić information content (AvgIpc) is 3.04. The van der Waals surface area contributed by atoms with Crippen LogP contribution in [0.15, 0.2) is 140 Å². The molecule has 0 aliphatic carbocycles. The summed E-state index contributed by atoms with van der Waals surface area (Å²) < 4.78 is 0. The van der Waals surface area contributed by atoms with Crippen molar-refractivity contribution in [2.75, 3.05) is 6.54 Å². The predicted octanol–water partition coefficient (Wildman–Crippen LogP) is 7.32. The second-order valence-electron chi connectivity index (χ2n) is 10.1. The number of hydrogen-bond acceptors (Lipinski definition) is 3. The lowest BCUT2D eigenvalue weighted by Crippen LogP contribution is -2.28. The van der Waals surface area contributed by atoms with Crippen LogP contribution in [0.2, 0.25) is 0 Å². The van der Waals surface area contributed by atoms with Gasteiger partial charge in [0, 0.05) is 38.1 Å². The highest BCUT2D eigenvalue weighted by molar-refractivity contribution is 5.91. The van der Waals surface area contributed by atoms with Crippen LogP contribution in [0.5, 0.6) is 0 Å². The Morgan fingerprint density at radius 2 is 1.27 bits per heavy atom. The van der Waals surface area contributed by atoms with Gasteiger partial charge in [-0.1, -0.05) is 115 Å². The third-order valence-corrected chi connectivity index (χ3v) is 7.00. The van der Waals surface area contributed by atoms with Crippen molar-refractivity contribution in [3.63, 3.8) is 0 Å². The van der Waals surface area contributed by atoms with Gasteiger partial charge in [0.25, 0.3) is 0 Å². The average molecular weight is 538 g/mol. The van der Waals surface area contributed by atoms with Crippen molar-refractivity contribution in [1.29, 1.82) is 0 Å². The fourth-order valence-corrected chi connectivity index (χ4v) is 4.71. The zero-order valence-electron chi connectivity index (χ0n) is 23.2. The van der Waals surface area contributed by atoms with Gasteiger partial charge in [0.15, 0.2) is 0 Å². The maximum absolute atomic E-state index is 13.2. The third kappa shape index (κ3) is 8.59. The normalized spacial score (nSPS) is 11.0. The highest BCUT2D eigenvalue weighted by Gasteiger charge is 2.13. The zero-order valence-corrected chi connectivity index (χ0v) is 23.2. The number of hydrogen-bond donors (Lipinski definition) is 1. The van der Waals surface area contributed by atoms with Gasteiger partial charge < -0.3 is 10.2 Å². The quantitative estimate of drug-likeness (QED) is 0.134. The third-order valence-electron chi connectivity index (χ3n) is 7.00. The summed E-state index contributed by atoms with van der Waals surface area (Å²) >= 11 is 0. The fraction of sp³-hybridized carbons (Fsp3) is 0.135. The number of nitrogens with one attached hydrogen (secondary N) is 1. The van der Waals surface area contributed by atoms with Crippen molar-refractivity contribution in [3.05, 3.63) is 168 Å². The van der Waals surface area contributed by atoms with Crippen LogP contribution in [0.1, 0.15) is 27.8 Å². The molecule has 41 heavy (non-hydrogen) atoms. The Morgan fingerprint density at radius 1 is 0.659 bits per heavy atom. The van der Waals surface area contributed by atoms with E-state index in [1.165, 1.54) is 16.7 Å². The Labute approximate surface area is 243 Å². The molecule has 0 saturated heterocycles. The van der Waals surface area contributed by atoms with Gasteiger partial charge in [-0.05, 0) is 64.1 Å². The molecule has 1 aromatic heterocycles. The SMILES string of the molecule is O=C(C=Cc1ccccc1)N(Cc1ccc(-c2ccc(CNCCc3ccccc3)cc2)cc1)Cc1cccnc1. The maximum Gasteiger partial charge on any atom is 0.247 e. The summed E-state index contributed by atoms with van der Waals surface area (Å²) in [5.41, 5.74) is 8.04. The molecule has 204 valence electrons. The van der Waals surface area contributed by atoms with E-state index in [0.717, 1.165) is 41.8 Å². The van der Waals surface area contributed by atoms with E-state index in [1.807, 2.05) is 59.6 Å². The van der Waals surface area contributed by atoms with E-state index in [2.05, 4.69) is 89.2 Å². The highest BCUT2D eigenvalue weighted by Crippen LogP contribution is 2.22. The Morgan fingerprint density at radius 3 is 1.93 bits per heavy atom. The minimum Gasteiger partial charge on any atom is -0.330 e. The molecule has 0 saturated carbocycles. The van der Waals surface area contributed by atoms with E-state index in [9.17, 15) is 4.79 Å². The van der Waals surface area contributed by atoms with Gasteiger partial charge in [-0.2, -0.15) is 0 Å². The maximum atomic E-state index is 13.2. The number of aromatic nitrogens is 1. The smallest absolute Gasteiger partial charge is 0.247 e. The second kappa shape index (κ2) is 14.5. The molecule has 0 radical (unpaired) electrons. The Bertz CT molecular complexity index is 1520. The minimum atomic E-state index is -0.0326. The predicted molar refractivity (Wildman–Crippen MR) is 168 cm³/mol. The lowest BCUT2D eigenvalue weighted by atomic mass is 10.0. The van der Waals surface area contributed by atoms with Crippen LogP contribution in [0.4, 0.5) is 0 Å². The molecule has 4 heteroatoms. The number of benzene rings is 4. The summed E-state index contributed by atoms with van der Waals surface area (Å²) in [6, 6.07) is 41.6. The Balaban J connectivity index is 1.19. The number of pyridine rings is 1. The number of nitrogens with zero attached hydrogens (tertiary/aromatic N) is 2. The van der Waals surface area contributed by atoms with Crippen molar-refractivity contribution in [3.8, 4) is 11.1 Å². The van der Waals surface area contributed by atoms with E-state index < -0.39 is 0 Å². The molecule has 0 aliphatic heterocycles. The van der Waals surface area contributed by atoms with Crippen LogP contribution in [-0.4, -0.2) is 22.3 Å². The van der Waals surface area contributed by atoms with E-state index in [0.29, 0.717) is 13.1 Å². The molecule has 0 bridgehead atoms. The molecule has 1 N–H and O–H groups in total. The topological polar surface area (TPSA) is 45.2 Å². The van der Waals surface area contributed by atoms with E-state index in [1.54, 1.807) is 12.3 Å². The molecular formula is C37H35N3O. The van der Waals surface area contributed by atoms with Gasteiger partial charge in [0.2, 0.25) is 5.91 Å². The first kappa shape index (κ1) is 27.8. The standard InChI is InChI=1S/C37H35N3O/c41-37(22-17-30-8-3-1-4-9-30)40(29-34-12-7-24-38-27-34)28-33-15-20-36(21-16-33)35-18-13-32(14-19-35)26-39-25-23-31-10-5-2-6-11-31/h1-22,24,27,39H,23,25-26,28-29H2. The molecule has 4 aromatic carbocycles. The summed E-state index contributed by atoms with van der Waals surface area (Å²) in [7, 11) is 0. The molecule has 5 rings (SSSR count). The number of carbonyl (C=O) groups excluding carboxylic acids is 1. The van der Waals surface area contributed by atoms with E-state index in [4.69, 9.17) is 0 Å². The molecule has 1 amide bonds. The van der Waals surface area contributed by atoms with Crippen molar-refractivity contribution in [2.45, 2.75) is 26.1 Å². The molecular weight excluding hydrogens is 502 g/mol. The fourth-order valence-electron chi connectivity index (χ4n) is 4.71. The molecule has 5 aromatic rings. The monoisotopic (exact) mass is 537 g/mol. The van der Waals surface area contributed by atoms with Crippen LogP contribution in [0, 0.1) is 0 Å². The lowest BCUT2D eigenvalue weighted by molar-refractivity contribution is -0.127. The second-order valence-corrected chi connectivity index (χ2v) is 10.1. The van der Waals surface area contributed by atoms with Gasteiger partial charge in [-0.25, -0.2) is 0 Å². The highest BCUT2D eigenvalue weighted by atomic mass is 16.2. The molecule has 0 atom stereocenters. The van der Waals surface area contributed by atoms with Gasteiger partial charge >= 0.3 is 0 Å². The van der Waals surface area contributed by atoms with Gasteiger partial charge in [0.1, 0.15) is 0 Å². The number of amides is 1. The molecule has 1 heterocycles. The Hall–Kier alpha value is -4.80. The van der Waals surface area contributed by atoms with Gasteiger partial charge in [-0.15, -0.1) is 0 Å². The van der Waals surface area contributed by atoms with Crippen molar-refractivity contribution < 1.29 is 4.79 Å². The first-order valence-electron chi connectivity index (χ1n) is 14.1. The largest absolute Gasteiger partial charge is 0.330 e. The van der Waals surface area contributed by atoms with Crippen LogP contribution in [0.3, 0.4) is 0 Å². The molecule has 4 nitrogen and oxygen atoms in total. The summed E-state index contributed by atoms with van der Waals surface area (Å²) in [6.07, 6.45) is 8.10. The van der Waals surface area contributed by atoms with Crippen LogP contribution in [-0.2, 0) is 30.8 Å². The summed E-state index contributed by atoms with van der Waals surface area (Å²) in [5, 5.41) is 3.54. The van der Waals surface area contributed by atoms with Gasteiger partial charge in [-0.3, -0.25) is 9.78 Å². The van der Waals surface area contributed by atoms with Crippen molar-refractivity contribution >= 4 is 12.0 Å². The van der Waals surface area contributed by atoms with Crippen LogP contribution in [0.25, 0.3) is 17.2 Å². The number of rotatable bonds is 12. The minimum absolute atomic E-state index is 0.0326. The summed E-state index contributed by atoms with van der Waals surface area (Å²) in [6.45, 7) is 2.82. The zero-order chi connectivity index (χ0) is 28.1. The summed E-state index contributed by atoms with van der Waals surface area (Å²) in [5.74, 6) is -0.0326. The molecule has 0 aliphatic rings. The Kier molecular flexibility index (Phi) is 9.85.